The van der Waals surface area contributed by atoms with E-state index in [2.05, 4.69) is 11.8 Å². The van der Waals surface area contributed by atoms with Gasteiger partial charge in [-0.15, -0.1) is 5.92 Å². The van der Waals surface area contributed by atoms with Gasteiger partial charge in [0.05, 0.1) is 17.1 Å². The van der Waals surface area contributed by atoms with Crippen LogP contribution in [0.25, 0.3) is 0 Å². The first kappa shape index (κ1) is 20.2. The Hall–Kier alpha value is -2.08. The van der Waals surface area contributed by atoms with E-state index < -0.39 is 34.2 Å². The van der Waals surface area contributed by atoms with Gasteiger partial charge in [0.2, 0.25) is 10.0 Å². The van der Waals surface area contributed by atoms with Crippen LogP contribution in [0, 0.1) is 11.8 Å². The van der Waals surface area contributed by atoms with Crippen molar-refractivity contribution in [3.05, 3.63) is 24.3 Å². The van der Waals surface area contributed by atoms with Crippen LogP contribution in [0.15, 0.2) is 29.2 Å². The van der Waals surface area contributed by atoms with Crippen LogP contribution in [0.3, 0.4) is 0 Å². The fourth-order valence-electron chi connectivity index (χ4n) is 2.92. The summed E-state index contributed by atoms with van der Waals surface area (Å²) in [5, 5.41) is 9.45. The monoisotopic (exact) mass is 381 g/mol. The molecule has 1 fully saturated rings. The van der Waals surface area contributed by atoms with Crippen LogP contribution in [0.2, 0.25) is 0 Å². The van der Waals surface area contributed by atoms with E-state index in [1.807, 2.05) is 0 Å². The van der Waals surface area contributed by atoms with Gasteiger partial charge in [0, 0.05) is 6.54 Å². The SMILES string of the molecule is CC#CC(C)Oc1ccc(S(=O)(=O)N2CC(C)OC(C)C2C(=O)O)cc1. The molecule has 142 valence electrons. The van der Waals surface area contributed by atoms with Crippen LogP contribution in [0.4, 0.5) is 0 Å². The van der Waals surface area contributed by atoms with Crippen LogP contribution in [0.5, 0.6) is 5.75 Å². The van der Waals surface area contributed by atoms with Crippen molar-refractivity contribution >= 4 is 16.0 Å². The van der Waals surface area contributed by atoms with Gasteiger partial charge in [-0.3, -0.25) is 4.79 Å². The molecule has 4 unspecified atom stereocenters. The van der Waals surface area contributed by atoms with E-state index in [0.717, 1.165) is 4.31 Å². The number of carboxylic acids is 1. The Kier molecular flexibility index (Phi) is 6.29. The number of carboxylic acid groups (broad SMARTS) is 1. The van der Waals surface area contributed by atoms with Crippen molar-refractivity contribution in [2.24, 2.45) is 0 Å². The largest absolute Gasteiger partial charge is 0.480 e. The molecule has 0 radical (unpaired) electrons. The molecule has 0 aliphatic carbocycles. The summed E-state index contributed by atoms with van der Waals surface area (Å²) in [6.07, 6.45) is -1.46. The van der Waals surface area contributed by atoms with Gasteiger partial charge in [-0.25, -0.2) is 8.42 Å². The first-order chi connectivity index (χ1) is 12.2. The number of ether oxygens (including phenoxy) is 2. The number of carbonyl (C=O) groups is 1. The van der Waals surface area contributed by atoms with E-state index in [1.54, 1.807) is 27.7 Å². The van der Waals surface area contributed by atoms with E-state index in [4.69, 9.17) is 9.47 Å². The second-order valence-corrected chi connectivity index (χ2v) is 8.03. The number of hydrogen-bond acceptors (Lipinski definition) is 5. The molecule has 0 amide bonds. The van der Waals surface area contributed by atoms with Gasteiger partial charge >= 0.3 is 5.97 Å². The van der Waals surface area contributed by atoms with Crippen molar-refractivity contribution in [2.75, 3.05) is 6.54 Å². The highest BCUT2D eigenvalue weighted by Crippen LogP contribution is 2.27. The zero-order chi connectivity index (χ0) is 19.5. The summed E-state index contributed by atoms with van der Waals surface area (Å²) in [6.45, 7) is 6.74. The Bertz CT molecular complexity index is 808. The molecule has 7 nitrogen and oxygen atoms in total. The van der Waals surface area contributed by atoms with Gasteiger partial charge in [-0.2, -0.15) is 4.31 Å². The lowest BCUT2D eigenvalue weighted by Crippen LogP contribution is -2.58. The average molecular weight is 381 g/mol. The van der Waals surface area contributed by atoms with E-state index in [1.165, 1.54) is 24.3 Å². The van der Waals surface area contributed by atoms with Crippen molar-refractivity contribution in [1.82, 2.24) is 4.31 Å². The fourth-order valence-corrected chi connectivity index (χ4v) is 4.64. The minimum absolute atomic E-state index is 0.00614. The van der Waals surface area contributed by atoms with E-state index in [0.29, 0.717) is 5.75 Å². The summed E-state index contributed by atoms with van der Waals surface area (Å²) >= 11 is 0. The highest BCUT2D eigenvalue weighted by Gasteiger charge is 2.44. The van der Waals surface area contributed by atoms with E-state index in [9.17, 15) is 18.3 Å². The molecule has 26 heavy (non-hydrogen) atoms. The number of hydrogen-bond donors (Lipinski definition) is 1. The number of rotatable bonds is 5. The molecular formula is C18H23NO6S. The highest BCUT2D eigenvalue weighted by molar-refractivity contribution is 7.89. The Morgan fingerprint density at radius 2 is 1.96 bits per heavy atom. The van der Waals surface area contributed by atoms with Gasteiger partial charge in [0.25, 0.3) is 0 Å². The Morgan fingerprint density at radius 1 is 1.35 bits per heavy atom. The number of morpholine rings is 1. The first-order valence-corrected chi connectivity index (χ1v) is 9.70. The van der Waals surface area contributed by atoms with Gasteiger partial charge in [-0.1, -0.05) is 5.92 Å². The molecule has 4 atom stereocenters. The van der Waals surface area contributed by atoms with Crippen LogP contribution in [-0.4, -0.2) is 54.7 Å². The normalized spacial score (nSPS) is 25.0. The number of sulfonamides is 1. The minimum Gasteiger partial charge on any atom is -0.480 e. The Morgan fingerprint density at radius 3 is 2.50 bits per heavy atom. The zero-order valence-electron chi connectivity index (χ0n) is 15.2. The first-order valence-electron chi connectivity index (χ1n) is 8.26. The third-order valence-electron chi connectivity index (χ3n) is 3.98. The molecule has 8 heteroatoms. The third kappa shape index (κ3) is 4.36. The second-order valence-electron chi connectivity index (χ2n) is 6.14. The van der Waals surface area contributed by atoms with Crippen molar-refractivity contribution in [3.8, 4) is 17.6 Å². The van der Waals surface area contributed by atoms with Gasteiger partial charge in [-0.05, 0) is 52.0 Å². The number of nitrogens with zero attached hydrogens (tertiary/aromatic N) is 1. The maximum atomic E-state index is 13.0. The lowest BCUT2D eigenvalue weighted by atomic mass is 10.1. The van der Waals surface area contributed by atoms with Gasteiger partial charge in [0.15, 0.2) is 6.10 Å². The van der Waals surface area contributed by atoms with Crippen molar-refractivity contribution in [3.63, 3.8) is 0 Å². The molecular weight excluding hydrogens is 358 g/mol. The summed E-state index contributed by atoms with van der Waals surface area (Å²) in [7, 11) is -3.99. The highest BCUT2D eigenvalue weighted by atomic mass is 32.2. The van der Waals surface area contributed by atoms with Gasteiger partial charge in [0.1, 0.15) is 11.8 Å². The standard InChI is InChI=1S/C18H23NO6S/c1-5-6-12(2)25-15-7-9-16(10-8-15)26(22,23)19-11-13(3)24-14(4)17(19)18(20)21/h7-10,12-14,17H,11H2,1-4H3,(H,20,21). The summed E-state index contributed by atoms with van der Waals surface area (Å²) in [5.41, 5.74) is 0. The maximum Gasteiger partial charge on any atom is 0.324 e. The van der Waals surface area contributed by atoms with Gasteiger partial charge < -0.3 is 14.6 Å². The fraction of sp³-hybridized carbons (Fsp3) is 0.500. The van der Waals surface area contributed by atoms with Crippen LogP contribution < -0.4 is 4.74 Å². The molecule has 0 saturated carbocycles. The molecule has 1 heterocycles. The summed E-state index contributed by atoms with van der Waals surface area (Å²) in [4.78, 5) is 11.6. The van der Waals surface area contributed by atoms with Crippen LogP contribution in [0.1, 0.15) is 27.7 Å². The lowest BCUT2D eigenvalue weighted by molar-refractivity contribution is -0.155. The van der Waals surface area contributed by atoms with Crippen LogP contribution in [-0.2, 0) is 19.6 Å². The molecule has 1 aliphatic heterocycles. The number of benzene rings is 1. The van der Waals surface area contributed by atoms with Crippen LogP contribution >= 0.6 is 0 Å². The molecule has 0 aromatic heterocycles. The van der Waals surface area contributed by atoms with Crippen molar-refractivity contribution in [1.29, 1.82) is 0 Å². The Balaban J connectivity index is 2.30. The van der Waals surface area contributed by atoms with Crippen molar-refractivity contribution in [2.45, 2.75) is 56.9 Å². The third-order valence-corrected chi connectivity index (χ3v) is 5.84. The average Bonchev–Trinajstić information content (AvgIpc) is 2.54. The summed E-state index contributed by atoms with van der Waals surface area (Å²) in [5.74, 6) is 4.83. The second kappa shape index (κ2) is 8.08. The topological polar surface area (TPSA) is 93.1 Å². The molecule has 1 N–H and O–H groups in total. The predicted octanol–water partition coefficient (Wildman–Crippen LogP) is 1.73. The summed E-state index contributed by atoms with van der Waals surface area (Å²) in [6, 6.07) is 4.60. The van der Waals surface area contributed by atoms with Crippen molar-refractivity contribution < 1.29 is 27.8 Å². The quantitative estimate of drug-likeness (QED) is 0.781. The van der Waals surface area contributed by atoms with E-state index in [-0.39, 0.29) is 17.5 Å². The lowest BCUT2D eigenvalue weighted by Gasteiger charge is -2.39. The molecule has 2 rings (SSSR count). The molecule has 1 aromatic carbocycles. The number of aliphatic carboxylic acids is 1. The minimum atomic E-state index is -3.99. The zero-order valence-corrected chi connectivity index (χ0v) is 16.0. The molecule has 0 bridgehead atoms. The maximum absolute atomic E-state index is 13.0. The predicted molar refractivity (Wildman–Crippen MR) is 95.3 cm³/mol. The van der Waals surface area contributed by atoms with E-state index >= 15 is 0 Å². The molecule has 1 aromatic rings. The molecule has 0 spiro atoms. The molecule has 1 saturated heterocycles. The summed E-state index contributed by atoms with van der Waals surface area (Å²) < 4.78 is 38.0. The molecule has 1 aliphatic rings. The Labute approximate surface area is 154 Å². The smallest absolute Gasteiger partial charge is 0.324 e.